The molecule has 8 heteroatoms. The molecule has 160 valence electrons. The van der Waals surface area contributed by atoms with Crippen molar-refractivity contribution in [2.45, 2.75) is 13.3 Å². The molecule has 1 heterocycles. The summed E-state index contributed by atoms with van der Waals surface area (Å²) in [6, 6.07) is 8.64. The van der Waals surface area contributed by atoms with E-state index in [1.54, 1.807) is 36.4 Å². The second kappa shape index (κ2) is 9.17. The Morgan fingerprint density at radius 2 is 1.87 bits per heavy atom. The van der Waals surface area contributed by atoms with Gasteiger partial charge >= 0.3 is 6.03 Å². The van der Waals surface area contributed by atoms with Gasteiger partial charge < -0.3 is 14.6 Å². The predicted octanol–water partition coefficient (Wildman–Crippen LogP) is 3.19. The van der Waals surface area contributed by atoms with Gasteiger partial charge in [-0.25, -0.2) is 9.69 Å². The van der Waals surface area contributed by atoms with Crippen LogP contribution in [0.2, 0.25) is 0 Å². The first-order valence-corrected chi connectivity index (χ1v) is 9.54. The lowest BCUT2D eigenvalue weighted by Crippen LogP contribution is -2.54. The van der Waals surface area contributed by atoms with Gasteiger partial charge in [0, 0.05) is 5.56 Å². The van der Waals surface area contributed by atoms with Gasteiger partial charge in [0.25, 0.3) is 11.8 Å². The first-order valence-electron chi connectivity index (χ1n) is 9.54. The molecule has 2 aromatic rings. The summed E-state index contributed by atoms with van der Waals surface area (Å²) in [5.41, 5.74) is 1.03. The molecule has 0 atom stereocenters. The molecule has 1 fully saturated rings. The average Bonchev–Trinajstić information content (AvgIpc) is 2.74. The quantitative estimate of drug-likeness (QED) is 0.403. The molecule has 0 aromatic heterocycles. The molecule has 0 radical (unpaired) electrons. The highest BCUT2D eigenvalue weighted by Gasteiger charge is 2.36. The van der Waals surface area contributed by atoms with Crippen LogP contribution in [0.15, 0.2) is 54.6 Å². The zero-order valence-electron chi connectivity index (χ0n) is 17.2. The number of phenols is 1. The number of imide groups is 2. The number of hydrogen-bond acceptors (Lipinski definition) is 6. The summed E-state index contributed by atoms with van der Waals surface area (Å²) in [5.74, 6) is -0.844. The van der Waals surface area contributed by atoms with E-state index in [1.807, 2.05) is 6.92 Å². The van der Waals surface area contributed by atoms with Crippen LogP contribution in [0.1, 0.15) is 18.1 Å². The Bertz CT molecular complexity index is 1070. The Morgan fingerprint density at radius 3 is 2.48 bits per heavy atom. The van der Waals surface area contributed by atoms with E-state index in [-0.39, 0.29) is 17.1 Å². The Hall–Kier alpha value is -4.07. The Kier molecular flexibility index (Phi) is 6.40. The molecule has 2 aromatic carbocycles. The molecule has 1 aliphatic heterocycles. The number of aromatic hydroxyl groups is 1. The van der Waals surface area contributed by atoms with E-state index >= 15 is 0 Å². The molecular weight excluding hydrogens is 400 g/mol. The summed E-state index contributed by atoms with van der Waals surface area (Å²) < 4.78 is 10.6. The lowest BCUT2D eigenvalue weighted by Gasteiger charge is -2.26. The second-order valence-corrected chi connectivity index (χ2v) is 6.61. The number of hydrogen-bond donors (Lipinski definition) is 2. The molecule has 1 aliphatic rings. The maximum absolute atomic E-state index is 13.0. The summed E-state index contributed by atoms with van der Waals surface area (Å²) in [7, 11) is 1.40. The number of urea groups is 1. The number of ether oxygens (including phenoxy) is 2. The van der Waals surface area contributed by atoms with E-state index in [0.29, 0.717) is 35.6 Å². The van der Waals surface area contributed by atoms with Gasteiger partial charge in [-0.3, -0.25) is 14.9 Å². The van der Waals surface area contributed by atoms with Crippen LogP contribution in [0.4, 0.5) is 10.5 Å². The number of amides is 4. The number of nitrogens with zero attached hydrogens (tertiary/aromatic N) is 1. The lowest BCUT2D eigenvalue weighted by molar-refractivity contribution is -0.122. The van der Waals surface area contributed by atoms with E-state index in [9.17, 15) is 19.5 Å². The first-order chi connectivity index (χ1) is 14.9. The van der Waals surface area contributed by atoms with Crippen molar-refractivity contribution < 1.29 is 29.0 Å². The highest BCUT2D eigenvalue weighted by molar-refractivity contribution is 6.39. The second-order valence-electron chi connectivity index (χ2n) is 6.61. The third-order valence-electron chi connectivity index (χ3n) is 4.58. The fourth-order valence-corrected chi connectivity index (χ4v) is 3.16. The zero-order chi connectivity index (χ0) is 22.5. The van der Waals surface area contributed by atoms with Gasteiger partial charge in [-0.05, 0) is 61.4 Å². The SMILES string of the molecule is C=CCc1cc(/C=C2\C(=O)NC(=O)N(c3ccc(OCC)cc3)C2=O)cc(OC)c1O. The Balaban J connectivity index is 2.01. The zero-order valence-corrected chi connectivity index (χ0v) is 17.2. The predicted molar refractivity (Wildman–Crippen MR) is 115 cm³/mol. The summed E-state index contributed by atoms with van der Waals surface area (Å²) in [6.45, 7) is 5.98. The maximum atomic E-state index is 13.0. The molecule has 0 unspecified atom stereocenters. The van der Waals surface area contributed by atoms with Gasteiger partial charge in [0.05, 0.1) is 19.4 Å². The molecule has 2 N–H and O–H groups in total. The van der Waals surface area contributed by atoms with Crippen molar-refractivity contribution in [2.75, 3.05) is 18.6 Å². The molecule has 8 nitrogen and oxygen atoms in total. The van der Waals surface area contributed by atoms with Crippen molar-refractivity contribution in [1.29, 1.82) is 0 Å². The van der Waals surface area contributed by atoms with Gasteiger partial charge in [-0.2, -0.15) is 0 Å². The van der Waals surface area contributed by atoms with Crippen LogP contribution >= 0.6 is 0 Å². The van der Waals surface area contributed by atoms with Crippen molar-refractivity contribution in [3.05, 3.63) is 65.8 Å². The Labute approximate surface area is 179 Å². The normalized spacial score (nSPS) is 15.1. The minimum Gasteiger partial charge on any atom is -0.504 e. The summed E-state index contributed by atoms with van der Waals surface area (Å²) in [4.78, 5) is 38.7. The van der Waals surface area contributed by atoms with Crippen LogP contribution in [-0.4, -0.2) is 36.7 Å². The summed E-state index contributed by atoms with van der Waals surface area (Å²) in [6.07, 6.45) is 3.31. The van der Waals surface area contributed by atoms with Crippen molar-refractivity contribution in [3.63, 3.8) is 0 Å². The summed E-state index contributed by atoms with van der Waals surface area (Å²) >= 11 is 0. The number of allylic oxidation sites excluding steroid dienone is 1. The molecule has 4 amide bonds. The number of carbonyl (C=O) groups excluding carboxylic acids is 3. The minimum absolute atomic E-state index is 0.0461. The van der Waals surface area contributed by atoms with Crippen molar-refractivity contribution in [1.82, 2.24) is 5.32 Å². The molecular formula is C23H22N2O6. The fraction of sp³-hybridized carbons (Fsp3) is 0.174. The molecule has 3 rings (SSSR count). The van der Waals surface area contributed by atoms with E-state index in [2.05, 4.69) is 11.9 Å². The van der Waals surface area contributed by atoms with E-state index < -0.39 is 17.8 Å². The first kappa shape index (κ1) is 21.6. The smallest absolute Gasteiger partial charge is 0.335 e. The number of methoxy groups -OCH3 is 1. The van der Waals surface area contributed by atoms with E-state index in [0.717, 1.165) is 4.90 Å². The number of nitrogens with one attached hydrogen (secondary N) is 1. The minimum atomic E-state index is -0.841. The van der Waals surface area contributed by atoms with Crippen molar-refractivity contribution in [3.8, 4) is 17.2 Å². The Morgan fingerprint density at radius 1 is 1.16 bits per heavy atom. The van der Waals surface area contributed by atoms with Crippen molar-refractivity contribution in [2.24, 2.45) is 0 Å². The number of benzene rings is 2. The largest absolute Gasteiger partial charge is 0.504 e. The number of phenolic OH excluding ortho intramolecular Hbond substituents is 1. The molecule has 0 bridgehead atoms. The number of anilines is 1. The van der Waals surface area contributed by atoms with Gasteiger partial charge in [-0.15, -0.1) is 6.58 Å². The van der Waals surface area contributed by atoms with E-state index in [1.165, 1.54) is 19.3 Å². The highest BCUT2D eigenvalue weighted by atomic mass is 16.5. The van der Waals surface area contributed by atoms with Crippen molar-refractivity contribution >= 4 is 29.6 Å². The number of barbiturate groups is 1. The molecule has 0 spiro atoms. The molecule has 0 saturated carbocycles. The highest BCUT2D eigenvalue weighted by Crippen LogP contribution is 2.33. The van der Waals surface area contributed by atoms with Crippen LogP contribution < -0.4 is 19.7 Å². The monoisotopic (exact) mass is 422 g/mol. The molecule has 0 aliphatic carbocycles. The van der Waals surface area contributed by atoms with Crippen LogP contribution in [0.3, 0.4) is 0 Å². The van der Waals surface area contributed by atoms with E-state index in [4.69, 9.17) is 9.47 Å². The molecule has 1 saturated heterocycles. The fourth-order valence-electron chi connectivity index (χ4n) is 3.16. The van der Waals surface area contributed by atoms with Gasteiger partial charge in [0.2, 0.25) is 0 Å². The maximum Gasteiger partial charge on any atom is 0.335 e. The number of carbonyl (C=O) groups is 3. The molecule has 31 heavy (non-hydrogen) atoms. The average molecular weight is 422 g/mol. The third-order valence-corrected chi connectivity index (χ3v) is 4.58. The number of rotatable bonds is 7. The topological polar surface area (TPSA) is 105 Å². The lowest BCUT2D eigenvalue weighted by atomic mass is 10.0. The van der Waals surface area contributed by atoms with Gasteiger partial charge in [-0.1, -0.05) is 6.08 Å². The van der Waals surface area contributed by atoms with Gasteiger partial charge in [0.1, 0.15) is 11.3 Å². The van der Waals surface area contributed by atoms with Crippen LogP contribution in [0.25, 0.3) is 6.08 Å². The standard InChI is InChI=1S/C23H22N2O6/c1-4-6-15-11-14(13-19(30-3)20(15)26)12-18-21(27)24-23(29)25(22(18)28)16-7-9-17(10-8-16)31-5-2/h4,7-13,26H,1,5-6H2,2-3H3,(H,24,27,29)/b18-12+. The van der Waals surface area contributed by atoms with Gasteiger partial charge in [0.15, 0.2) is 11.5 Å². The third kappa shape index (κ3) is 4.42. The van der Waals surface area contributed by atoms with Crippen LogP contribution in [-0.2, 0) is 16.0 Å². The summed E-state index contributed by atoms with van der Waals surface area (Å²) in [5, 5.41) is 12.4. The van der Waals surface area contributed by atoms with Crippen LogP contribution in [0.5, 0.6) is 17.2 Å². The van der Waals surface area contributed by atoms with Crippen LogP contribution in [0, 0.1) is 0 Å².